The second-order valence-electron chi connectivity index (χ2n) is 5.99. The zero-order valence-corrected chi connectivity index (χ0v) is 12.3. The van der Waals surface area contributed by atoms with Gasteiger partial charge in [-0.1, -0.05) is 13.0 Å². The van der Waals surface area contributed by atoms with Crippen LogP contribution in [0.3, 0.4) is 0 Å². The van der Waals surface area contributed by atoms with Gasteiger partial charge in [0.25, 0.3) is 0 Å². The molecule has 3 rings (SSSR count). The van der Waals surface area contributed by atoms with Crippen molar-refractivity contribution in [1.29, 1.82) is 0 Å². The molecule has 2 atom stereocenters. The maximum absolute atomic E-state index is 11.5. The third-order valence-corrected chi connectivity index (χ3v) is 4.43. The van der Waals surface area contributed by atoms with Crippen molar-refractivity contribution in [3.8, 4) is 0 Å². The minimum atomic E-state index is -0.937. The van der Waals surface area contributed by atoms with Gasteiger partial charge in [-0.25, -0.2) is 9.78 Å². The molecule has 2 unspecified atom stereocenters. The molecule has 0 spiro atoms. The molecule has 1 aliphatic carbocycles. The normalized spacial score (nSPS) is 17.9. The lowest BCUT2D eigenvalue weighted by atomic mass is 10.0. The maximum Gasteiger partial charge on any atom is 0.337 e. The van der Waals surface area contributed by atoms with E-state index in [4.69, 9.17) is 0 Å². The summed E-state index contributed by atoms with van der Waals surface area (Å²) in [5, 5.41) is 18.9. The van der Waals surface area contributed by atoms with Crippen molar-refractivity contribution in [2.24, 2.45) is 5.92 Å². The van der Waals surface area contributed by atoms with E-state index in [1.807, 2.05) is 24.5 Å². The molecule has 1 aliphatic rings. The summed E-state index contributed by atoms with van der Waals surface area (Å²) >= 11 is 0. The summed E-state index contributed by atoms with van der Waals surface area (Å²) in [6.45, 7) is 4.06. The highest BCUT2D eigenvalue weighted by Gasteiger charge is 2.33. The van der Waals surface area contributed by atoms with E-state index in [1.165, 1.54) is 0 Å². The fourth-order valence-corrected chi connectivity index (χ4v) is 2.79. The number of carboxylic acid groups (broad SMARTS) is 1. The number of aromatic nitrogens is 2. The fourth-order valence-electron chi connectivity index (χ4n) is 2.79. The number of hydrogen-bond acceptors (Lipinski definition) is 3. The zero-order valence-electron chi connectivity index (χ0n) is 12.3. The molecular formula is C16H20N2O3. The summed E-state index contributed by atoms with van der Waals surface area (Å²) in [5.41, 5.74) is 1.69. The lowest BCUT2D eigenvalue weighted by Gasteiger charge is -2.23. The molecule has 21 heavy (non-hydrogen) atoms. The van der Waals surface area contributed by atoms with E-state index in [1.54, 1.807) is 12.1 Å². The van der Waals surface area contributed by atoms with Crippen molar-refractivity contribution in [1.82, 2.24) is 9.55 Å². The molecule has 1 fully saturated rings. The average molecular weight is 288 g/mol. The molecule has 2 aromatic rings. The molecule has 5 nitrogen and oxygen atoms in total. The number of aromatic carboxylic acids is 1. The Kier molecular flexibility index (Phi) is 3.45. The Bertz CT molecular complexity index is 688. The van der Waals surface area contributed by atoms with E-state index < -0.39 is 5.97 Å². The predicted molar refractivity (Wildman–Crippen MR) is 79.6 cm³/mol. The van der Waals surface area contributed by atoms with E-state index in [0.717, 1.165) is 24.2 Å². The van der Waals surface area contributed by atoms with Crippen LogP contribution >= 0.6 is 0 Å². The number of benzene rings is 1. The van der Waals surface area contributed by atoms with Crippen molar-refractivity contribution >= 4 is 17.0 Å². The number of para-hydroxylation sites is 1. The first-order valence-corrected chi connectivity index (χ1v) is 7.39. The highest BCUT2D eigenvalue weighted by molar-refractivity contribution is 6.01. The van der Waals surface area contributed by atoms with Gasteiger partial charge in [0.1, 0.15) is 5.82 Å². The summed E-state index contributed by atoms with van der Waals surface area (Å²) in [5.74, 6) is 0.494. The second-order valence-corrected chi connectivity index (χ2v) is 5.99. The van der Waals surface area contributed by atoms with Crippen LogP contribution < -0.4 is 0 Å². The van der Waals surface area contributed by atoms with Crippen LogP contribution in [0.2, 0.25) is 0 Å². The number of aliphatic hydroxyl groups excluding tert-OH is 1. The van der Waals surface area contributed by atoms with Crippen LogP contribution in [0.15, 0.2) is 18.2 Å². The largest absolute Gasteiger partial charge is 0.478 e. The van der Waals surface area contributed by atoms with Gasteiger partial charge in [-0.2, -0.15) is 0 Å². The Balaban J connectivity index is 2.27. The molecule has 1 aromatic heterocycles. The van der Waals surface area contributed by atoms with Crippen LogP contribution in [0.1, 0.15) is 54.8 Å². The number of carboxylic acids is 1. The molecule has 1 heterocycles. The van der Waals surface area contributed by atoms with E-state index in [0.29, 0.717) is 11.4 Å². The highest BCUT2D eigenvalue weighted by Crippen LogP contribution is 2.43. The minimum Gasteiger partial charge on any atom is -0.478 e. The van der Waals surface area contributed by atoms with Crippen molar-refractivity contribution in [3.63, 3.8) is 0 Å². The smallest absolute Gasteiger partial charge is 0.337 e. The Hall–Kier alpha value is -1.88. The fraction of sp³-hybridized carbons (Fsp3) is 0.500. The van der Waals surface area contributed by atoms with Crippen LogP contribution in [-0.2, 0) is 0 Å². The van der Waals surface area contributed by atoms with Crippen LogP contribution in [0, 0.1) is 5.92 Å². The minimum absolute atomic E-state index is 0.0103. The second kappa shape index (κ2) is 5.15. The Morgan fingerprint density at radius 3 is 2.71 bits per heavy atom. The molecule has 0 amide bonds. The SMILES string of the molecule is CC(CO)C(C)n1c(C2CC2)nc2cccc(C(=O)O)c21. The van der Waals surface area contributed by atoms with Gasteiger partial charge in [-0.3, -0.25) is 0 Å². The summed E-state index contributed by atoms with van der Waals surface area (Å²) in [6, 6.07) is 5.23. The van der Waals surface area contributed by atoms with Crippen LogP contribution in [0.25, 0.3) is 11.0 Å². The summed E-state index contributed by atoms with van der Waals surface area (Å²) < 4.78 is 2.04. The van der Waals surface area contributed by atoms with E-state index in [-0.39, 0.29) is 24.1 Å². The summed E-state index contributed by atoms with van der Waals surface area (Å²) in [7, 11) is 0. The highest BCUT2D eigenvalue weighted by atomic mass is 16.4. The van der Waals surface area contributed by atoms with Crippen molar-refractivity contribution in [3.05, 3.63) is 29.6 Å². The zero-order chi connectivity index (χ0) is 15.1. The molecule has 0 radical (unpaired) electrons. The number of rotatable bonds is 5. The first kappa shape index (κ1) is 14.1. The average Bonchev–Trinajstić information content (AvgIpc) is 3.25. The molecule has 0 saturated heterocycles. The van der Waals surface area contributed by atoms with E-state index >= 15 is 0 Å². The third-order valence-electron chi connectivity index (χ3n) is 4.43. The van der Waals surface area contributed by atoms with Gasteiger partial charge >= 0.3 is 5.97 Å². The molecule has 112 valence electrons. The van der Waals surface area contributed by atoms with Crippen LogP contribution in [-0.4, -0.2) is 32.3 Å². The first-order chi connectivity index (χ1) is 10.0. The molecule has 1 aromatic carbocycles. The van der Waals surface area contributed by atoms with Crippen LogP contribution in [0.4, 0.5) is 0 Å². The standard InChI is InChI=1S/C16H20N2O3/c1-9(8-19)10(2)18-14-12(16(20)21)4-3-5-13(14)17-15(18)11-6-7-11/h3-5,9-11,19H,6-8H2,1-2H3,(H,20,21). The number of nitrogens with zero attached hydrogens (tertiary/aromatic N) is 2. The molecular weight excluding hydrogens is 268 g/mol. The first-order valence-electron chi connectivity index (χ1n) is 7.39. The number of aliphatic hydroxyl groups is 1. The van der Waals surface area contributed by atoms with Gasteiger partial charge in [-0.05, 0) is 37.8 Å². The van der Waals surface area contributed by atoms with Gasteiger partial charge in [0.05, 0.1) is 16.6 Å². The van der Waals surface area contributed by atoms with E-state index in [2.05, 4.69) is 4.98 Å². The topological polar surface area (TPSA) is 75.3 Å². The van der Waals surface area contributed by atoms with Crippen molar-refractivity contribution < 1.29 is 15.0 Å². The quantitative estimate of drug-likeness (QED) is 0.887. The molecule has 1 saturated carbocycles. The molecule has 0 bridgehead atoms. The van der Waals surface area contributed by atoms with Crippen molar-refractivity contribution in [2.45, 2.75) is 38.6 Å². The van der Waals surface area contributed by atoms with Gasteiger partial charge in [0, 0.05) is 18.6 Å². The van der Waals surface area contributed by atoms with Gasteiger partial charge in [-0.15, -0.1) is 0 Å². The third kappa shape index (κ3) is 2.31. The van der Waals surface area contributed by atoms with Gasteiger partial charge in [0.15, 0.2) is 0 Å². The van der Waals surface area contributed by atoms with E-state index in [9.17, 15) is 15.0 Å². The molecule has 5 heteroatoms. The number of fused-ring (bicyclic) bond motifs is 1. The molecule has 0 aliphatic heterocycles. The Morgan fingerprint density at radius 2 is 2.14 bits per heavy atom. The monoisotopic (exact) mass is 288 g/mol. The maximum atomic E-state index is 11.5. The lowest BCUT2D eigenvalue weighted by Crippen LogP contribution is -2.20. The van der Waals surface area contributed by atoms with Gasteiger partial charge in [0.2, 0.25) is 0 Å². The van der Waals surface area contributed by atoms with Crippen molar-refractivity contribution in [2.75, 3.05) is 6.61 Å². The number of imidazole rings is 1. The van der Waals surface area contributed by atoms with Crippen LogP contribution in [0.5, 0.6) is 0 Å². The Morgan fingerprint density at radius 1 is 1.43 bits per heavy atom. The summed E-state index contributed by atoms with van der Waals surface area (Å²) in [4.78, 5) is 16.2. The van der Waals surface area contributed by atoms with Gasteiger partial charge < -0.3 is 14.8 Å². The Labute approximate surface area is 123 Å². The number of carbonyl (C=O) groups is 1. The predicted octanol–water partition coefficient (Wildman–Crippen LogP) is 2.80. The lowest BCUT2D eigenvalue weighted by molar-refractivity contribution is 0.0698. The molecule has 2 N–H and O–H groups in total. The number of hydrogen-bond donors (Lipinski definition) is 2. The summed E-state index contributed by atoms with van der Waals surface area (Å²) in [6.07, 6.45) is 2.21.